The van der Waals surface area contributed by atoms with Gasteiger partial charge in [-0.05, 0) is 44.0 Å². The number of nitrogen functional groups attached to an aromatic ring is 1. The molecule has 3 aliphatic rings. The number of carboxylic acid groups (broad SMARTS) is 2. The summed E-state index contributed by atoms with van der Waals surface area (Å²) in [7, 11) is 0. The van der Waals surface area contributed by atoms with Crippen LogP contribution >= 0.6 is 11.8 Å². The van der Waals surface area contributed by atoms with Crippen molar-refractivity contribution >= 4 is 70.0 Å². The Kier molecular flexibility index (Phi) is 9.14. The predicted molar refractivity (Wildman–Crippen MR) is 175 cm³/mol. The third-order valence-corrected chi connectivity index (χ3v) is 10.1. The maximum Gasteiger partial charge on any atom is 0.327 e. The summed E-state index contributed by atoms with van der Waals surface area (Å²) >= 11 is 1.14. The second-order valence-corrected chi connectivity index (χ2v) is 13.1. The first-order valence-electron chi connectivity index (χ1n) is 15.5. The Bertz CT molecular complexity index is 1970. The van der Waals surface area contributed by atoms with Crippen molar-refractivity contribution in [1.29, 1.82) is 0 Å². The van der Waals surface area contributed by atoms with Crippen LogP contribution in [0.5, 0.6) is 0 Å². The number of H-pyrrole nitrogens is 1. The van der Waals surface area contributed by atoms with E-state index in [0.29, 0.717) is 11.4 Å². The molecular formula is C30H32N10O9S. The van der Waals surface area contributed by atoms with Gasteiger partial charge in [0.2, 0.25) is 22.9 Å². The number of nitrogens with one attached hydrogen (secondary N) is 4. The Morgan fingerprint density at radius 2 is 1.82 bits per heavy atom. The number of thioether (sulfide) groups is 1. The molecule has 3 fully saturated rings. The molecule has 0 bridgehead atoms. The van der Waals surface area contributed by atoms with Crippen molar-refractivity contribution < 1.29 is 39.0 Å². The van der Waals surface area contributed by atoms with Gasteiger partial charge in [0, 0.05) is 29.8 Å². The minimum Gasteiger partial charge on any atom is -0.480 e. The fourth-order valence-corrected chi connectivity index (χ4v) is 7.84. The Morgan fingerprint density at radius 3 is 2.52 bits per heavy atom. The first-order valence-corrected chi connectivity index (χ1v) is 16.5. The van der Waals surface area contributed by atoms with Gasteiger partial charge in [0.05, 0.1) is 24.5 Å². The molecule has 3 saturated heterocycles. The van der Waals surface area contributed by atoms with E-state index >= 15 is 0 Å². The number of benzene rings is 1. The van der Waals surface area contributed by atoms with Crippen LogP contribution in [0.4, 0.5) is 11.6 Å². The highest BCUT2D eigenvalue weighted by atomic mass is 32.2. The topological polar surface area (TPSA) is 283 Å². The molecule has 50 heavy (non-hydrogen) atoms. The summed E-state index contributed by atoms with van der Waals surface area (Å²) in [4.78, 5) is 105. The summed E-state index contributed by atoms with van der Waals surface area (Å²) in [5, 5.41) is 26.6. The summed E-state index contributed by atoms with van der Waals surface area (Å²) in [6.07, 6.45) is 1.06. The van der Waals surface area contributed by atoms with Crippen molar-refractivity contribution in [3.8, 4) is 0 Å². The average Bonchev–Trinajstić information content (AvgIpc) is 3.66. The molecule has 262 valence electrons. The molecule has 3 aliphatic heterocycles. The van der Waals surface area contributed by atoms with Gasteiger partial charge in [0.1, 0.15) is 23.9 Å². The third-order valence-electron chi connectivity index (χ3n) is 8.71. The zero-order valence-corrected chi connectivity index (χ0v) is 27.2. The summed E-state index contributed by atoms with van der Waals surface area (Å²) in [6.45, 7) is 1.73. The Labute approximate surface area is 286 Å². The van der Waals surface area contributed by atoms with Crippen LogP contribution in [-0.4, -0.2) is 110 Å². The van der Waals surface area contributed by atoms with E-state index < -0.39 is 64.5 Å². The normalized spacial score (nSPS) is 23.1. The van der Waals surface area contributed by atoms with Crippen LogP contribution in [0.15, 0.2) is 35.3 Å². The van der Waals surface area contributed by atoms with Gasteiger partial charge in [0.15, 0.2) is 11.2 Å². The summed E-state index contributed by atoms with van der Waals surface area (Å²) in [6, 6.07) is 2.01. The zero-order chi connectivity index (χ0) is 35.9. The number of carbonyl (C=O) groups excluding carboxylic acids is 4. The highest BCUT2D eigenvalue weighted by molar-refractivity contribution is 8.00. The number of ketones is 1. The van der Waals surface area contributed by atoms with Crippen LogP contribution in [0.3, 0.4) is 0 Å². The first-order chi connectivity index (χ1) is 23.8. The quantitative estimate of drug-likeness (QED) is 0.113. The van der Waals surface area contributed by atoms with Crippen molar-refractivity contribution in [3.63, 3.8) is 0 Å². The zero-order valence-electron chi connectivity index (χ0n) is 26.4. The number of hydrogen-bond donors (Lipinski definition) is 7. The summed E-state index contributed by atoms with van der Waals surface area (Å²) < 4.78 is 0. The number of nitrogens with zero attached hydrogens (tertiary/aromatic N) is 5. The number of amides is 3. The molecule has 0 unspecified atom stereocenters. The minimum absolute atomic E-state index is 0.0337. The number of carbonyl (C=O) groups is 6. The van der Waals surface area contributed by atoms with Gasteiger partial charge in [-0.1, -0.05) is 11.8 Å². The lowest BCUT2D eigenvalue weighted by Gasteiger charge is -2.33. The van der Waals surface area contributed by atoms with Gasteiger partial charge >= 0.3 is 11.9 Å². The number of nitrogens with two attached hydrogens (primary N) is 1. The largest absolute Gasteiger partial charge is 0.480 e. The molecule has 2 aromatic heterocycles. The smallest absolute Gasteiger partial charge is 0.327 e. The Morgan fingerprint density at radius 1 is 1.08 bits per heavy atom. The monoisotopic (exact) mass is 708 g/mol. The molecule has 20 heteroatoms. The van der Waals surface area contributed by atoms with E-state index in [9.17, 15) is 43.8 Å². The SMILES string of the molecule is C[C@H]1C(=O)N2[C@H](C(=O)O)CS[C@@]23N[C@@H](CCC(=O)CC[C@@H](NC(=O)c2ccc(NCc4cnc5nc(N)[nH]c(=O)c5n4)cc2)C(=O)O)C(=O)N13. The molecule has 5 heterocycles. The fraction of sp³-hybridized carbons (Fsp3) is 0.400. The van der Waals surface area contributed by atoms with Crippen molar-refractivity contribution in [2.24, 2.45) is 0 Å². The number of aromatic amines is 1. The number of fused-ring (bicyclic) bond motifs is 1. The van der Waals surface area contributed by atoms with Crippen LogP contribution in [-0.2, 0) is 30.5 Å². The highest BCUT2D eigenvalue weighted by Gasteiger charge is 2.69. The van der Waals surface area contributed by atoms with Gasteiger partial charge in [0.25, 0.3) is 11.5 Å². The summed E-state index contributed by atoms with van der Waals surface area (Å²) in [5.41, 5.74) is 6.37. The maximum absolute atomic E-state index is 13.2. The van der Waals surface area contributed by atoms with E-state index in [-0.39, 0.29) is 66.4 Å². The molecule has 19 nitrogen and oxygen atoms in total. The van der Waals surface area contributed by atoms with Crippen molar-refractivity contribution in [1.82, 2.24) is 40.4 Å². The average molecular weight is 709 g/mol. The number of Topliss-reactive ketones (excluding diaryl/α,β-unsaturated/α-hetero) is 1. The second-order valence-electron chi connectivity index (χ2n) is 12.0. The van der Waals surface area contributed by atoms with E-state index in [0.717, 1.165) is 11.8 Å². The Balaban J connectivity index is 0.984. The van der Waals surface area contributed by atoms with E-state index in [1.54, 1.807) is 12.1 Å². The van der Waals surface area contributed by atoms with Gasteiger partial charge in [-0.25, -0.2) is 19.6 Å². The standard InChI is InChI=1S/C30H32N10O9S/c1-13-25(44)40-20(28(48)49)12-50-30(40)38-18(26(45)39(13)30)8-6-17(41)7-9-19(27(46)47)35-23(42)14-2-4-15(5-3-14)32-10-16-11-33-22-21(34-16)24(43)37-29(31)36-22/h2-5,11,13,18-20,32,38H,6-10,12H2,1H3,(H,35,42)(H,46,47)(H,48,49)(H3,31,33,36,37,43)/t13-,18-,19+,20-,30+/m0/s1. The summed E-state index contributed by atoms with van der Waals surface area (Å²) in [5.74, 6) is -4.35. The third kappa shape index (κ3) is 6.29. The van der Waals surface area contributed by atoms with Crippen LogP contribution in [0.2, 0.25) is 0 Å². The molecule has 3 amide bonds. The van der Waals surface area contributed by atoms with Crippen molar-refractivity contribution in [2.45, 2.75) is 68.4 Å². The molecule has 0 saturated carbocycles. The number of hydrogen-bond acceptors (Lipinski definition) is 14. The molecule has 1 spiro atoms. The molecule has 0 radical (unpaired) electrons. The van der Waals surface area contributed by atoms with Crippen molar-refractivity contribution in [3.05, 3.63) is 52.1 Å². The maximum atomic E-state index is 13.2. The van der Waals surface area contributed by atoms with E-state index in [4.69, 9.17) is 5.73 Å². The Hall–Kier alpha value is -5.63. The predicted octanol–water partition coefficient (Wildman–Crippen LogP) is -0.938. The van der Waals surface area contributed by atoms with E-state index in [1.807, 2.05) is 0 Å². The number of aromatic nitrogens is 4. The van der Waals surface area contributed by atoms with Crippen LogP contribution < -0.4 is 27.2 Å². The van der Waals surface area contributed by atoms with Crippen LogP contribution in [0.1, 0.15) is 48.7 Å². The van der Waals surface area contributed by atoms with Gasteiger partial charge in [-0.15, -0.1) is 0 Å². The number of anilines is 2. The fourth-order valence-electron chi connectivity index (χ4n) is 6.19. The molecule has 8 N–H and O–H groups in total. The molecular weight excluding hydrogens is 676 g/mol. The van der Waals surface area contributed by atoms with Crippen LogP contribution in [0, 0.1) is 0 Å². The lowest BCUT2D eigenvalue weighted by atomic mass is 10.0. The van der Waals surface area contributed by atoms with E-state index in [2.05, 4.69) is 35.9 Å². The van der Waals surface area contributed by atoms with Crippen molar-refractivity contribution in [2.75, 3.05) is 16.8 Å². The lowest BCUT2D eigenvalue weighted by Crippen LogP contribution is -2.57. The molecule has 0 aliphatic carbocycles. The highest BCUT2D eigenvalue weighted by Crippen LogP contribution is 2.50. The lowest BCUT2D eigenvalue weighted by molar-refractivity contribution is -0.149. The number of rotatable bonds is 13. The first kappa shape index (κ1) is 34.2. The molecule has 1 aromatic carbocycles. The van der Waals surface area contributed by atoms with Crippen LogP contribution in [0.25, 0.3) is 11.2 Å². The van der Waals surface area contributed by atoms with Gasteiger partial charge < -0.3 is 26.6 Å². The molecule has 5 atom stereocenters. The number of carboxylic acids is 2. The second kappa shape index (κ2) is 13.3. The van der Waals surface area contributed by atoms with E-state index in [1.165, 1.54) is 35.1 Å². The molecule has 6 rings (SSSR count). The van der Waals surface area contributed by atoms with Gasteiger partial charge in [-0.3, -0.25) is 44.1 Å². The minimum atomic E-state index is -1.36. The molecule has 3 aromatic rings. The number of aliphatic carboxylic acids is 2. The van der Waals surface area contributed by atoms with Gasteiger partial charge in [-0.2, -0.15) is 4.98 Å².